The minimum Gasteiger partial charge on any atom is -0.397 e. The number of amides is 1. The smallest absolute Gasteiger partial charge is 0.257 e. The van der Waals surface area contributed by atoms with E-state index in [2.05, 4.69) is 37.2 Å². The average Bonchev–Trinajstić information content (AvgIpc) is 2.62. The third kappa shape index (κ3) is 2.90. The van der Waals surface area contributed by atoms with Crippen LogP contribution in [0.4, 0.5) is 15.8 Å². The lowest BCUT2D eigenvalue weighted by Gasteiger charge is -2.07. The molecule has 0 unspecified atom stereocenters. The first-order chi connectivity index (χ1) is 8.47. The zero-order valence-corrected chi connectivity index (χ0v) is 12.8. The van der Waals surface area contributed by atoms with Crippen LogP contribution in [-0.2, 0) is 0 Å². The second kappa shape index (κ2) is 5.38. The van der Waals surface area contributed by atoms with Crippen LogP contribution in [0.5, 0.6) is 0 Å². The molecule has 1 amide bonds. The number of hydrogen-bond donors (Lipinski definition) is 2. The van der Waals surface area contributed by atoms with E-state index in [0.717, 1.165) is 9.85 Å². The number of hydrogen-bond acceptors (Lipinski definition) is 3. The van der Waals surface area contributed by atoms with Crippen LogP contribution in [0.2, 0.25) is 0 Å². The van der Waals surface area contributed by atoms with Gasteiger partial charge in [0, 0.05) is 0 Å². The fourth-order valence-corrected chi connectivity index (χ4v) is 4.13. The second-order valence-corrected chi connectivity index (χ2v) is 7.17. The van der Waals surface area contributed by atoms with E-state index in [1.807, 2.05) is 0 Å². The van der Waals surface area contributed by atoms with Gasteiger partial charge in [-0.25, -0.2) is 4.39 Å². The Morgan fingerprint density at radius 1 is 1.33 bits per heavy atom. The Kier molecular flexibility index (Phi) is 4.04. The summed E-state index contributed by atoms with van der Waals surface area (Å²) in [6, 6.07) is 5.53. The largest absolute Gasteiger partial charge is 0.397 e. The van der Waals surface area contributed by atoms with E-state index < -0.39 is 5.82 Å². The van der Waals surface area contributed by atoms with Crippen molar-refractivity contribution in [2.75, 3.05) is 11.1 Å². The number of halogens is 3. The van der Waals surface area contributed by atoms with E-state index in [1.165, 1.54) is 23.5 Å². The van der Waals surface area contributed by atoms with Crippen molar-refractivity contribution in [2.45, 2.75) is 0 Å². The maximum absolute atomic E-state index is 12.9. The monoisotopic (exact) mass is 392 g/mol. The van der Waals surface area contributed by atoms with Crippen molar-refractivity contribution >= 4 is 60.5 Å². The number of thiophene rings is 1. The van der Waals surface area contributed by atoms with Crippen LogP contribution in [0.1, 0.15) is 10.4 Å². The standard InChI is InChI=1S/C11H7Br2FN2OS/c12-9-4-6(10(13)18-9)11(17)16-8-2-1-5(14)3-7(8)15/h1-4H,15H2,(H,16,17). The van der Waals surface area contributed by atoms with Crippen LogP contribution in [0.15, 0.2) is 31.8 Å². The van der Waals surface area contributed by atoms with E-state index in [1.54, 1.807) is 6.07 Å². The number of nitrogens with two attached hydrogens (primary N) is 1. The maximum Gasteiger partial charge on any atom is 0.257 e. The molecule has 0 bridgehead atoms. The lowest BCUT2D eigenvalue weighted by Crippen LogP contribution is -2.12. The molecule has 0 atom stereocenters. The molecule has 0 aliphatic rings. The molecule has 0 aliphatic carbocycles. The fraction of sp³-hybridized carbons (Fsp3) is 0. The Hall–Kier alpha value is -0.920. The third-order valence-corrected chi connectivity index (χ3v) is 4.50. The Labute approximate surface area is 123 Å². The highest BCUT2D eigenvalue weighted by Crippen LogP contribution is 2.32. The van der Waals surface area contributed by atoms with Crippen molar-refractivity contribution in [3.05, 3.63) is 43.2 Å². The summed E-state index contributed by atoms with van der Waals surface area (Å²) in [5.74, 6) is -0.743. The quantitative estimate of drug-likeness (QED) is 0.749. The lowest BCUT2D eigenvalue weighted by molar-refractivity contribution is 0.102. The number of anilines is 2. The molecule has 1 aromatic heterocycles. The molecule has 18 heavy (non-hydrogen) atoms. The molecule has 0 radical (unpaired) electrons. The normalized spacial score (nSPS) is 10.4. The Bertz CT molecular complexity index is 615. The number of carbonyl (C=O) groups excluding carboxylic acids is 1. The molecule has 0 aliphatic heterocycles. The minimum absolute atomic E-state index is 0.189. The van der Waals surface area contributed by atoms with E-state index in [9.17, 15) is 9.18 Å². The molecule has 2 rings (SSSR count). The van der Waals surface area contributed by atoms with Gasteiger partial charge in [-0.15, -0.1) is 11.3 Å². The molecule has 1 heterocycles. The van der Waals surface area contributed by atoms with Crippen molar-refractivity contribution in [3.8, 4) is 0 Å². The van der Waals surface area contributed by atoms with Gasteiger partial charge < -0.3 is 11.1 Å². The van der Waals surface area contributed by atoms with Crippen molar-refractivity contribution < 1.29 is 9.18 Å². The van der Waals surface area contributed by atoms with Gasteiger partial charge in [-0.3, -0.25) is 4.79 Å². The lowest BCUT2D eigenvalue weighted by atomic mass is 10.2. The van der Waals surface area contributed by atoms with Gasteiger partial charge >= 0.3 is 0 Å². The molecule has 94 valence electrons. The van der Waals surface area contributed by atoms with Gasteiger partial charge in [-0.2, -0.15) is 0 Å². The molecule has 3 N–H and O–H groups in total. The number of nitrogens with one attached hydrogen (secondary N) is 1. The summed E-state index contributed by atoms with van der Waals surface area (Å²) >= 11 is 7.99. The summed E-state index contributed by atoms with van der Waals surface area (Å²) in [5, 5.41) is 2.63. The van der Waals surface area contributed by atoms with Gasteiger partial charge in [-0.1, -0.05) is 0 Å². The topological polar surface area (TPSA) is 55.1 Å². The van der Waals surface area contributed by atoms with Crippen LogP contribution < -0.4 is 11.1 Å². The highest BCUT2D eigenvalue weighted by atomic mass is 79.9. The number of nitrogen functional groups attached to an aromatic ring is 1. The molecular formula is C11H7Br2FN2OS. The van der Waals surface area contributed by atoms with Gasteiger partial charge in [0.15, 0.2) is 0 Å². The van der Waals surface area contributed by atoms with E-state index in [-0.39, 0.29) is 11.6 Å². The maximum atomic E-state index is 12.9. The predicted octanol–water partition coefficient (Wildman–Crippen LogP) is 4.25. The highest BCUT2D eigenvalue weighted by molar-refractivity contribution is 9.12. The summed E-state index contributed by atoms with van der Waals surface area (Å²) < 4.78 is 14.4. The number of rotatable bonds is 2. The molecule has 0 saturated heterocycles. The minimum atomic E-state index is -0.440. The van der Waals surface area contributed by atoms with Crippen molar-refractivity contribution in [1.82, 2.24) is 0 Å². The zero-order chi connectivity index (χ0) is 13.3. The Morgan fingerprint density at radius 2 is 2.06 bits per heavy atom. The van der Waals surface area contributed by atoms with Crippen molar-refractivity contribution in [3.63, 3.8) is 0 Å². The molecule has 0 spiro atoms. The van der Waals surface area contributed by atoms with Gasteiger partial charge in [0.25, 0.3) is 5.91 Å². The molecular weight excluding hydrogens is 387 g/mol. The van der Waals surface area contributed by atoms with E-state index in [0.29, 0.717) is 15.0 Å². The SMILES string of the molecule is Nc1cc(F)ccc1NC(=O)c1cc(Br)sc1Br. The average molecular weight is 394 g/mol. The van der Waals surface area contributed by atoms with Gasteiger partial charge in [0.05, 0.1) is 24.5 Å². The van der Waals surface area contributed by atoms with Crippen LogP contribution in [0, 0.1) is 5.82 Å². The van der Waals surface area contributed by atoms with E-state index in [4.69, 9.17) is 5.73 Å². The van der Waals surface area contributed by atoms with Gasteiger partial charge in [0.2, 0.25) is 0 Å². The first-order valence-corrected chi connectivity index (χ1v) is 7.19. The van der Waals surface area contributed by atoms with Crippen LogP contribution >= 0.6 is 43.2 Å². The van der Waals surface area contributed by atoms with Crippen LogP contribution in [-0.4, -0.2) is 5.91 Å². The van der Waals surface area contributed by atoms with Crippen molar-refractivity contribution in [1.29, 1.82) is 0 Å². The molecule has 3 nitrogen and oxygen atoms in total. The molecule has 1 aromatic carbocycles. The van der Waals surface area contributed by atoms with E-state index >= 15 is 0 Å². The van der Waals surface area contributed by atoms with Gasteiger partial charge in [0.1, 0.15) is 5.82 Å². The first-order valence-electron chi connectivity index (χ1n) is 4.78. The van der Waals surface area contributed by atoms with Gasteiger partial charge in [-0.05, 0) is 56.1 Å². The fourth-order valence-electron chi connectivity index (χ4n) is 1.33. The molecule has 0 fully saturated rings. The second-order valence-electron chi connectivity index (χ2n) is 3.42. The molecule has 7 heteroatoms. The predicted molar refractivity (Wildman–Crippen MR) is 78.5 cm³/mol. The Balaban J connectivity index is 2.24. The summed E-state index contributed by atoms with van der Waals surface area (Å²) in [5.41, 5.74) is 6.69. The summed E-state index contributed by atoms with van der Waals surface area (Å²) in [4.78, 5) is 12.0. The summed E-state index contributed by atoms with van der Waals surface area (Å²) in [6.45, 7) is 0. The molecule has 0 saturated carbocycles. The van der Waals surface area contributed by atoms with Crippen LogP contribution in [0.3, 0.4) is 0 Å². The number of benzene rings is 1. The zero-order valence-electron chi connectivity index (χ0n) is 8.84. The summed E-state index contributed by atoms with van der Waals surface area (Å²) in [7, 11) is 0. The third-order valence-electron chi connectivity index (χ3n) is 2.16. The molecule has 2 aromatic rings. The number of carbonyl (C=O) groups is 1. The summed E-state index contributed by atoms with van der Waals surface area (Å²) in [6.07, 6.45) is 0. The highest BCUT2D eigenvalue weighted by Gasteiger charge is 2.14. The Morgan fingerprint density at radius 3 is 2.61 bits per heavy atom. The van der Waals surface area contributed by atoms with Crippen molar-refractivity contribution in [2.24, 2.45) is 0 Å². The van der Waals surface area contributed by atoms with Crippen LogP contribution in [0.25, 0.3) is 0 Å². The first kappa shape index (κ1) is 13.5.